The Balaban J connectivity index is 2.04. The number of hydrogen-bond donors (Lipinski definition) is 0. The Morgan fingerprint density at radius 1 is 1.18 bits per heavy atom. The molecule has 0 aliphatic carbocycles. The first-order valence-corrected chi connectivity index (χ1v) is 11.1. The second-order valence-electron chi connectivity index (χ2n) is 7.17. The standard InChI is InChI=1S/C23H15ClF4N2O3S/c1-2-33-21(32)17-18(13-5-7-14(24)8-6-13)30-20(31)16(11-12-3-9-15(25)10-4-12)34-22(30)29-19(17)23(26,27)28/h3-11,18H,2H2,1H3/b16-11-/t18-/m1/s1. The van der Waals surface area contributed by atoms with Gasteiger partial charge in [-0.15, -0.1) is 0 Å². The second kappa shape index (κ2) is 9.19. The predicted octanol–water partition coefficient (Wildman–Crippen LogP) is 4.13. The van der Waals surface area contributed by atoms with Gasteiger partial charge in [-0.25, -0.2) is 14.2 Å². The molecule has 1 atom stereocenters. The maximum Gasteiger partial charge on any atom is 0.434 e. The maximum atomic E-state index is 14.0. The molecule has 4 rings (SSSR count). The van der Waals surface area contributed by atoms with E-state index in [1.807, 2.05) is 0 Å². The van der Waals surface area contributed by atoms with Crippen LogP contribution in [-0.4, -0.2) is 23.3 Å². The van der Waals surface area contributed by atoms with E-state index in [1.54, 1.807) is 0 Å². The molecule has 0 saturated carbocycles. The van der Waals surface area contributed by atoms with Crippen LogP contribution in [0.25, 0.3) is 6.08 Å². The summed E-state index contributed by atoms with van der Waals surface area (Å²) in [5.74, 6) is -1.71. The number of halogens is 5. The predicted molar refractivity (Wildman–Crippen MR) is 119 cm³/mol. The molecular formula is C23H15ClF4N2O3S. The zero-order valence-electron chi connectivity index (χ0n) is 17.4. The van der Waals surface area contributed by atoms with Gasteiger partial charge in [0, 0.05) is 5.02 Å². The summed E-state index contributed by atoms with van der Waals surface area (Å²) in [6.45, 7) is 1.29. The van der Waals surface area contributed by atoms with Crippen molar-refractivity contribution in [1.29, 1.82) is 0 Å². The number of fused-ring (bicyclic) bond motifs is 1. The molecule has 0 amide bonds. The highest BCUT2D eigenvalue weighted by atomic mass is 35.5. The Bertz CT molecular complexity index is 1460. The van der Waals surface area contributed by atoms with Gasteiger partial charge < -0.3 is 4.74 Å². The number of allylic oxidation sites excluding steroid dienone is 1. The number of carbonyl (C=O) groups excluding carboxylic acids is 1. The van der Waals surface area contributed by atoms with Crippen LogP contribution in [-0.2, 0) is 9.53 Å². The zero-order chi connectivity index (χ0) is 24.6. The van der Waals surface area contributed by atoms with E-state index in [1.165, 1.54) is 61.5 Å². The van der Waals surface area contributed by atoms with E-state index in [9.17, 15) is 27.2 Å². The Kier molecular flexibility index (Phi) is 6.46. The van der Waals surface area contributed by atoms with Crippen LogP contribution in [0, 0.1) is 5.82 Å². The van der Waals surface area contributed by atoms with Crippen LogP contribution in [0.1, 0.15) is 24.1 Å². The molecule has 2 aromatic carbocycles. The molecular weight excluding hydrogens is 496 g/mol. The van der Waals surface area contributed by atoms with Gasteiger partial charge in [-0.1, -0.05) is 47.2 Å². The fourth-order valence-corrected chi connectivity index (χ4v) is 4.64. The monoisotopic (exact) mass is 510 g/mol. The highest BCUT2D eigenvalue weighted by Gasteiger charge is 2.45. The molecule has 176 valence electrons. The third-order valence-electron chi connectivity index (χ3n) is 4.95. The van der Waals surface area contributed by atoms with Crippen molar-refractivity contribution in [3.05, 3.63) is 101 Å². The van der Waals surface area contributed by atoms with E-state index in [2.05, 4.69) is 4.99 Å². The molecule has 0 radical (unpaired) electrons. The lowest BCUT2D eigenvalue weighted by molar-refractivity contribution is -0.140. The lowest BCUT2D eigenvalue weighted by atomic mass is 9.95. The lowest BCUT2D eigenvalue weighted by Gasteiger charge is -2.26. The molecule has 1 aliphatic rings. The number of ether oxygens (including phenoxy) is 1. The van der Waals surface area contributed by atoms with Crippen LogP contribution in [0.15, 0.2) is 69.6 Å². The average molecular weight is 511 g/mol. The topological polar surface area (TPSA) is 60.7 Å². The van der Waals surface area contributed by atoms with E-state index in [0.717, 1.165) is 15.9 Å². The van der Waals surface area contributed by atoms with E-state index in [4.69, 9.17) is 16.3 Å². The van der Waals surface area contributed by atoms with Gasteiger partial charge in [0.1, 0.15) is 5.82 Å². The summed E-state index contributed by atoms with van der Waals surface area (Å²) in [6, 6.07) is 9.55. The summed E-state index contributed by atoms with van der Waals surface area (Å²) in [6.07, 6.45) is -3.57. The highest BCUT2D eigenvalue weighted by Crippen LogP contribution is 2.38. The SMILES string of the molecule is CCOC(=O)C1=C(C(F)(F)F)N=c2s/c(=C\c3ccc(F)cc3)c(=O)n2[C@@H]1c1ccc(Cl)cc1. The van der Waals surface area contributed by atoms with E-state index in [0.29, 0.717) is 10.6 Å². The summed E-state index contributed by atoms with van der Waals surface area (Å²) in [7, 11) is 0. The van der Waals surface area contributed by atoms with Crippen molar-refractivity contribution < 1.29 is 27.1 Å². The third kappa shape index (κ3) is 4.55. The smallest absolute Gasteiger partial charge is 0.434 e. The van der Waals surface area contributed by atoms with E-state index >= 15 is 0 Å². The first-order valence-electron chi connectivity index (χ1n) is 9.91. The molecule has 0 spiro atoms. The van der Waals surface area contributed by atoms with Gasteiger partial charge in [0.2, 0.25) is 0 Å². The van der Waals surface area contributed by atoms with Gasteiger partial charge in [-0.3, -0.25) is 9.36 Å². The van der Waals surface area contributed by atoms with Crippen molar-refractivity contribution in [2.45, 2.75) is 19.1 Å². The van der Waals surface area contributed by atoms with Crippen molar-refractivity contribution in [2.24, 2.45) is 4.99 Å². The molecule has 3 aromatic rings. The van der Waals surface area contributed by atoms with Crippen molar-refractivity contribution >= 4 is 35.0 Å². The summed E-state index contributed by atoms with van der Waals surface area (Å²) < 4.78 is 61.3. The molecule has 34 heavy (non-hydrogen) atoms. The first kappa shape index (κ1) is 23.9. The van der Waals surface area contributed by atoms with E-state index in [-0.39, 0.29) is 21.5 Å². The van der Waals surface area contributed by atoms with Gasteiger partial charge >= 0.3 is 12.1 Å². The molecule has 0 fully saturated rings. The van der Waals surface area contributed by atoms with Crippen molar-refractivity contribution in [1.82, 2.24) is 4.57 Å². The molecule has 2 heterocycles. The highest BCUT2D eigenvalue weighted by molar-refractivity contribution is 7.07. The van der Waals surface area contributed by atoms with Gasteiger partial charge in [0.25, 0.3) is 5.56 Å². The Morgan fingerprint density at radius 3 is 2.41 bits per heavy atom. The van der Waals surface area contributed by atoms with Crippen LogP contribution >= 0.6 is 22.9 Å². The molecule has 1 aromatic heterocycles. The summed E-state index contributed by atoms with van der Waals surface area (Å²) >= 11 is 6.67. The number of thiazole rings is 1. The number of esters is 1. The van der Waals surface area contributed by atoms with Gasteiger partial charge in [0.15, 0.2) is 10.5 Å². The largest absolute Gasteiger partial charge is 0.463 e. The molecule has 0 saturated heterocycles. The van der Waals surface area contributed by atoms with Crippen molar-refractivity contribution in [3.8, 4) is 0 Å². The van der Waals surface area contributed by atoms with Crippen molar-refractivity contribution in [3.63, 3.8) is 0 Å². The molecule has 0 unspecified atom stereocenters. The normalized spacial score (nSPS) is 16.3. The molecule has 1 aliphatic heterocycles. The van der Waals surface area contributed by atoms with Crippen LogP contribution in [0.5, 0.6) is 0 Å². The van der Waals surface area contributed by atoms with Crippen LogP contribution in [0.2, 0.25) is 5.02 Å². The van der Waals surface area contributed by atoms with Gasteiger partial charge in [-0.2, -0.15) is 13.2 Å². The number of hydrogen-bond acceptors (Lipinski definition) is 5. The molecule has 0 bridgehead atoms. The maximum absolute atomic E-state index is 14.0. The minimum atomic E-state index is -4.99. The number of alkyl halides is 3. The number of carbonyl (C=O) groups is 1. The third-order valence-corrected chi connectivity index (χ3v) is 6.18. The average Bonchev–Trinajstić information content (AvgIpc) is 3.09. The molecule has 5 nitrogen and oxygen atoms in total. The number of nitrogens with zero attached hydrogens (tertiary/aromatic N) is 2. The Morgan fingerprint density at radius 2 is 1.82 bits per heavy atom. The zero-order valence-corrected chi connectivity index (χ0v) is 19.0. The number of rotatable bonds is 4. The molecule has 0 N–H and O–H groups in total. The quantitative estimate of drug-likeness (QED) is 0.392. The number of benzene rings is 2. The summed E-state index contributed by atoms with van der Waals surface area (Å²) in [5.41, 5.74) is -2.19. The minimum Gasteiger partial charge on any atom is -0.463 e. The molecule has 11 heteroatoms. The summed E-state index contributed by atoms with van der Waals surface area (Å²) in [4.78, 5) is 29.5. The van der Waals surface area contributed by atoms with Crippen LogP contribution in [0.3, 0.4) is 0 Å². The lowest BCUT2D eigenvalue weighted by Crippen LogP contribution is -2.41. The fourth-order valence-electron chi connectivity index (χ4n) is 3.51. The van der Waals surface area contributed by atoms with Crippen LogP contribution in [0.4, 0.5) is 17.6 Å². The number of aromatic nitrogens is 1. The van der Waals surface area contributed by atoms with Crippen molar-refractivity contribution in [2.75, 3.05) is 6.61 Å². The van der Waals surface area contributed by atoms with Crippen LogP contribution < -0.4 is 14.9 Å². The Hall–Kier alpha value is -3.24. The first-order chi connectivity index (χ1) is 16.1. The minimum absolute atomic E-state index is 0.0657. The fraction of sp³-hybridized carbons (Fsp3) is 0.174. The summed E-state index contributed by atoms with van der Waals surface area (Å²) in [5, 5.41) is 0.324. The van der Waals surface area contributed by atoms with Gasteiger partial charge in [-0.05, 0) is 48.4 Å². The van der Waals surface area contributed by atoms with Gasteiger partial charge in [0.05, 0.1) is 22.8 Å². The van der Waals surface area contributed by atoms with E-state index < -0.39 is 40.8 Å². The second-order valence-corrected chi connectivity index (χ2v) is 8.61. The Labute approximate surface area is 198 Å².